The molecule has 1 N–H and O–H groups in total. The molecule has 140 valence electrons. The van der Waals surface area contributed by atoms with Crippen LogP contribution in [-0.4, -0.2) is 42.8 Å². The standard InChI is InChI=1S/C20H32N2O3/c1-14(2)22(19(23)25-20(3,4)5)12-11-21-18-10-8-15-7-9-16(24-6)13-17(15)18/h7,9,13-14,18,21H,8,10-12H2,1-6H3. The van der Waals surface area contributed by atoms with E-state index in [1.54, 1.807) is 12.0 Å². The number of carbonyl (C=O) groups is 1. The number of aryl methyl sites for hydroxylation is 1. The highest BCUT2D eigenvalue weighted by Crippen LogP contribution is 2.33. The molecule has 25 heavy (non-hydrogen) atoms. The van der Waals surface area contributed by atoms with E-state index in [1.807, 2.05) is 40.7 Å². The van der Waals surface area contributed by atoms with Gasteiger partial charge in [0.05, 0.1) is 7.11 Å². The number of carbonyl (C=O) groups excluding carboxylic acids is 1. The maximum atomic E-state index is 12.4. The summed E-state index contributed by atoms with van der Waals surface area (Å²) in [6.07, 6.45) is 1.91. The zero-order chi connectivity index (χ0) is 18.6. The molecule has 0 heterocycles. The van der Waals surface area contributed by atoms with Crippen LogP contribution < -0.4 is 10.1 Å². The number of benzene rings is 1. The predicted octanol–water partition coefficient (Wildman–Crippen LogP) is 3.92. The third kappa shape index (κ3) is 5.36. The van der Waals surface area contributed by atoms with Gasteiger partial charge in [0.2, 0.25) is 0 Å². The minimum atomic E-state index is -0.474. The average molecular weight is 348 g/mol. The Hall–Kier alpha value is -1.75. The highest BCUT2D eigenvalue weighted by Gasteiger charge is 2.26. The van der Waals surface area contributed by atoms with Gasteiger partial charge in [0.25, 0.3) is 0 Å². The lowest BCUT2D eigenvalue weighted by Gasteiger charge is -2.30. The van der Waals surface area contributed by atoms with Crippen molar-refractivity contribution in [3.8, 4) is 5.75 Å². The van der Waals surface area contributed by atoms with Gasteiger partial charge in [0, 0.05) is 25.2 Å². The molecule has 1 aromatic rings. The number of fused-ring (bicyclic) bond motifs is 1. The number of ether oxygens (including phenoxy) is 2. The highest BCUT2D eigenvalue weighted by molar-refractivity contribution is 5.68. The lowest BCUT2D eigenvalue weighted by molar-refractivity contribution is 0.0192. The molecule has 0 aliphatic heterocycles. The van der Waals surface area contributed by atoms with E-state index >= 15 is 0 Å². The van der Waals surface area contributed by atoms with Crippen molar-refractivity contribution in [1.29, 1.82) is 0 Å². The van der Waals surface area contributed by atoms with E-state index < -0.39 is 5.60 Å². The fourth-order valence-electron chi connectivity index (χ4n) is 3.16. The molecular weight excluding hydrogens is 316 g/mol. The van der Waals surface area contributed by atoms with E-state index in [4.69, 9.17) is 9.47 Å². The minimum absolute atomic E-state index is 0.104. The van der Waals surface area contributed by atoms with Crippen molar-refractivity contribution in [2.45, 2.75) is 65.1 Å². The quantitative estimate of drug-likeness (QED) is 0.847. The minimum Gasteiger partial charge on any atom is -0.497 e. The van der Waals surface area contributed by atoms with Crippen LogP contribution in [0.25, 0.3) is 0 Å². The fraction of sp³-hybridized carbons (Fsp3) is 0.650. The Morgan fingerprint density at radius 3 is 2.68 bits per heavy atom. The molecule has 1 unspecified atom stereocenters. The number of nitrogens with one attached hydrogen (secondary N) is 1. The van der Waals surface area contributed by atoms with Gasteiger partial charge in [-0.15, -0.1) is 0 Å². The van der Waals surface area contributed by atoms with E-state index in [9.17, 15) is 4.79 Å². The molecule has 1 amide bonds. The Bertz CT molecular complexity index is 593. The van der Waals surface area contributed by atoms with Crippen molar-refractivity contribution >= 4 is 6.09 Å². The van der Waals surface area contributed by atoms with Crippen molar-refractivity contribution in [3.63, 3.8) is 0 Å². The van der Waals surface area contributed by atoms with Crippen LogP contribution in [0.5, 0.6) is 5.75 Å². The summed E-state index contributed by atoms with van der Waals surface area (Å²) in [5, 5.41) is 3.59. The Kier molecular flexibility index (Phi) is 6.33. The van der Waals surface area contributed by atoms with Gasteiger partial charge in [-0.1, -0.05) is 6.07 Å². The topological polar surface area (TPSA) is 50.8 Å². The van der Waals surface area contributed by atoms with E-state index in [1.165, 1.54) is 11.1 Å². The molecule has 0 bridgehead atoms. The van der Waals surface area contributed by atoms with Crippen molar-refractivity contribution in [1.82, 2.24) is 10.2 Å². The maximum absolute atomic E-state index is 12.4. The van der Waals surface area contributed by atoms with Gasteiger partial charge in [0.1, 0.15) is 11.4 Å². The van der Waals surface area contributed by atoms with Gasteiger partial charge in [-0.2, -0.15) is 0 Å². The molecule has 0 saturated heterocycles. The number of methoxy groups -OCH3 is 1. The second kappa shape index (κ2) is 8.09. The zero-order valence-corrected chi connectivity index (χ0v) is 16.4. The number of rotatable bonds is 6. The average Bonchev–Trinajstić information content (AvgIpc) is 2.91. The second-order valence-electron chi connectivity index (χ2n) is 7.88. The lowest BCUT2D eigenvalue weighted by Crippen LogP contribution is -2.44. The van der Waals surface area contributed by atoms with E-state index in [2.05, 4.69) is 17.4 Å². The van der Waals surface area contributed by atoms with Crippen LogP contribution in [0.3, 0.4) is 0 Å². The van der Waals surface area contributed by atoms with Crippen LogP contribution in [0, 0.1) is 0 Å². The summed E-state index contributed by atoms with van der Waals surface area (Å²) in [7, 11) is 1.69. The summed E-state index contributed by atoms with van der Waals surface area (Å²) in [4.78, 5) is 14.1. The van der Waals surface area contributed by atoms with Crippen molar-refractivity contribution < 1.29 is 14.3 Å². The highest BCUT2D eigenvalue weighted by atomic mass is 16.6. The Balaban J connectivity index is 1.92. The molecule has 1 aromatic carbocycles. The fourth-order valence-corrected chi connectivity index (χ4v) is 3.16. The smallest absolute Gasteiger partial charge is 0.410 e. The SMILES string of the molecule is COc1ccc2c(c1)C(NCCN(C(=O)OC(C)(C)C)C(C)C)CC2. The molecule has 5 nitrogen and oxygen atoms in total. The van der Waals surface area contributed by atoms with Crippen LogP contribution in [0.15, 0.2) is 18.2 Å². The van der Waals surface area contributed by atoms with Gasteiger partial charge in [-0.3, -0.25) is 0 Å². The van der Waals surface area contributed by atoms with Crippen molar-refractivity contribution in [2.24, 2.45) is 0 Å². The van der Waals surface area contributed by atoms with Gasteiger partial charge in [-0.05, 0) is 70.7 Å². The second-order valence-corrected chi connectivity index (χ2v) is 7.88. The van der Waals surface area contributed by atoms with Crippen LogP contribution in [0.1, 0.15) is 58.2 Å². The Labute approximate surface area is 151 Å². The Morgan fingerprint density at radius 2 is 2.08 bits per heavy atom. The van der Waals surface area contributed by atoms with Crippen LogP contribution >= 0.6 is 0 Å². The van der Waals surface area contributed by atoms with Gasteiger partial charge >= 0.3 is 6.09 Å². The largest absolute Gasteiger partial charge is 0.497 e. The summed E-state index contributed by atoms with van der Waals surface area (Å²) in [6, 6.07) is 6.71. The van der Waals surface area contributed by atoms with E-state index in [0.717, 1.165) is 25.1 Å². The summed E-state index contributed by atoms with van der Waals surface area (Å²) in [5.74, 6) is 0.894. The molecule has 0 aromatic heterocycles. The number of hydrogen-bond acceptors (Lipinski definition) is 4. The van der Waals surface area contributed by atoms with Crippen molar-refractivity contribution in [2.75, 3.05) is 20.2 Å². The number of nitrogens with zero attached hydrogens (tertiary/aromatic N) is 1. The molecule has 1 atom stereocenters. The van der Waals surface area contributed by atoms with Crippen LogP contribution in [-0.2, 0) is 11.2 Å². The number of amides is 1. The lowest BCUT2D eigenvalue weighted by atomic mass is 10.1. The predicted molar refractivity (Wildman–Crippen MR) is 100 cm³/mol. The van der Waals surface area contributed by atoms with E-state index in [-0.39, 0.29) is 12.1 Å². The van der Waals surface area contributed by atoms with Crippen LogP contribution in [0.4, 0.5) is 4.79 Å². The zero-order valence-electron chi connectivity index (χ0n) is 16.4. The summed E-state index contributed by atoms with van der Waals surface area (Å²) in [5.41, 5.74) is 2.22. The molecule has 0 radical (unpaired) electrons. The molecule has 2 rings (SSSR count). The monoisotopic (exact) mass is 348 g/mol. The molecule has 5 heteroatoms. The summed E-state index contributed by atoms with van der Waals surface area (Å²) < 4.78 is 10.9. The first-order valence-corrected chi connectivity index (χ1v) is 9.11. The first-order valence-electron chi connectivity index (χ1n) is 9.11. The first-order chi connectivity index (χ1) is 11.7. The molecule has 0 fully saturated rings. The van der Waals surface area contributed by atoms with Crippen molar-refractivity contribution in [3.05, 3.63) is 29.3 Å². The molecule has 1 aliphatic carbocycles. The number of hydrogen-bond donors (Lipinski definition) is 1. The third-order valence-corrected chi connectivity index (χ3v) is 4.43. The first kappa shape index (κ1) is 19.6. The summed E-state index contributed by atoms with van der Waals surface area (Å²) >= 11 is 0. The van der Waals surface area contributed by atoms with Crippen LogP contribution in [0.2, 0.25) is 0 Å². The Morgan fingerprint density at radius 1 is 1.36 bits per heavy atom. The molecule has 0 saturated carbocycles. The normalized spacial score (nSPS) is 16.7. The van der Waals surface area contributed by atoms with Gasteiger partial charge in [-0.25, -0.2) is 4.79 Å². The summed E-state index contributed by atoms with van der Waals surface area (Å²) in [6.45, 7) is 11.1. The van der Waals surface area contributed by atoms with Gasteiger partial charge in [0.15, 0.2) is 0 Å². The molecule has 0 spiro atoms. The van der Waals surface area contributed by atoms with E-state index in [0.29, 0.717) is 12.6 Å². The molecular formula is C20H32N2O3. The molecule has 1 aliphatic rings. The third-order valence-electron chi connectivity index (χ3n) is 4.43. The maximum Gasteiger partial charge on any atom is 0.410 e. The van der Waals surface area contributed by atoms with Gasteiger partial charge < -0.3 is 19.7 Å².